The zero-order chi connectivity index (χ0) is 23.6. The van der Waals surface area contributed by atoms with E-state index in [2.05, 4.69) is 0 Å². The Labute approximate surface area is 197 Å². The second-order valence-electron chi connectivity index (χ2n) is 9.31. The summed E-state index contributed by atoms with van der Waals surface area (Å²) in [6.07, 6.45) is 2.02. The number of carbonyl (C=O) groups excluding carboxylic acids is 3. The van der Waals surface area contributed by atoms with E-state index in [1.54, 1.807) is 6.07 Å². The van der Waals surface area contributed by atoms with Gasteiger partial charge in [-0.05, 0) is 48.2 Å². The number of hydrogen-bond acceptors (Lipinski definition) is 4. The first kappa shape index (κ1) is 20.6. The van der Waals surface area contributed by atoms with Gasteiger partial charge < -0.3 is 4.74 Å². The number of amides is 2. The summed E-state index contributed by atoms with van der Waals surface area (Å²) in [6, 6.07) is 22.9. The van der Waals surface area contributed by atoms with Crippen molar-refractivity contribution in [1.29, 1.82) is 0 Å². The average Bonchev–Trinajstić information content (AvgIpc) is 3.09. The second-order valence-corrected chi connectivity index (χ2v) is 9.31. The van der Waals surface area contributed by atoms with Crippen molar-refractivity contribution in [1.82, 2.24) is 0 Å². The van der Waals surface area contributed by atoms with Crippen molar-refractivity contribution in [2.75, 3.05) is 4.90 Å². The van der Waals surface area contributed by atoms with E-state index in [-0.39, 0.29) is 17.7 Å². The molecule has 0 N–H and O–H groups in total. The fourth-order valence-electron chi connectivity index (χ4n) is 5.72. The highest BCUT2D eigenvalue weighted by Crippen LogP contribution is 2.54. The molecule has 168 valence electrons. The predicted molar refractivity (Wildman–Crippen MR) is 128 cm³/mol. The largest absolute Gasteiger partial charge is 0.425 e. The van der Waals surface area contributed by atoms with Crippen LogP contribution in [-0.4, -0.2) is 17.8 Å². The first-order chi connectivity index (χ1) is 16.5. The van der Waals surface area contributed by atoms with Gasteiger partial charge in [-0.25, -0.2) is 4.90 Å². The number of allylic oxidation sites excluding steroid dienone is 1. The predicted octanol–water partition coefficient (Wildman–Crippen LogP) is 4.83. The molecule has 2 aliphatic heterocycles. The summed E-state index contributed by atoms with van der Waals surface area (Å²) in [7, 11) is 0. The third-order valence-corrected chi connectivity index (χ3v) is 7.29. The van der Waals surface area contributed by atoms with E-state index in [0.717, 1.165) is 27.8 Å². The molecule has 4 atom stereocenters. The van der Waals surface area contributed by atoms with E-state index in [4.69, 9.17) is 4.74 Å². The molecule has 3 aromatic rings. The number of ether oxygens (including phenoxy) is 1. The minimum atomic E-state index is -0.820. The van der Waals surface area contributed by atoms with Gasteiger partial charge in [0.25, 0.3) is 0 Å². The molecule has 0 spiro atoms. The maximum Gasteiger partial charge on any atom is 0.319 e. The molecular formula is C29H23NO4. The van der Waals surface area contributed by atoms with Gasteiger partial charge in [0, 0.05) is 11.5 Å². The SMILES string of the molecule is Cc1ccc2c(c1)OC(=O)[C@@H]1C2=C[C@H](c2ccccc2)[C@@H]2C(=O)N(c3ccccc3C)C(=O)[C@H]12. The second kappa shape index (κ2) is 7.52. The molecule has 1 fully saturated rings. The van der Waals surface area contributed by atoms with Crippen LogP contribution in [0, 0.1) is 31.6 Å². The third kappa shape index (κ3) is 2.90. The van der Waals surface area contributed by atoms with Crippen molar-refractivity contribution in [2.45, 2.75) is 19.8 Å². The lowest BCUT2D eigenvalue weighted by Gasteiger charge is -2.38. The van der Waals surface area contributed by atoms with Crippen molar-refractivity contribution in [3.05, 3.63) is 101 Å². The quantitative estimate of drug-likeness (QED) is 0.320. The van der Waals surface area contributed by atoms with Crippen molar-refractivity contribution in [2.24, 2.45) is 17.8 Å². The molecule has 1 aliphatic carbocycles. The summed E-state index contributed by atoms with van der Waals surface area (Å²) in [5.74, 6) is -3.22. The summed E-state index contributed by atoms with van der Waals surface area (Å²) < 4.78 is 5.72. The van der Waals surface area contributed by atoms with Crippen LogP contribution in [0.4, 0.5) is 5.69 Å². The zero-order valence-corrected chi connectivity index (χ0v) is 18.9. The van der Waals surface area contributed by atoms with Crippen LogP contribution < -0.4 is 9.64 Å². The highest BCUT2D eigenvalue weighted by molar-refractivity contribution is 6.24. The first-order valence-corrected chi connectivity index (χ1v) is 11.5. The van der Waals surface area contributed by atoms with E-state index >= 15 is 0 Å². The fourth-order valence-corrected chi connectivity index (χ4v) is 5.72. The molecule has 3 aliphatic rings. The molecule has 1 saturated heterocycles. The number of imide groups is 1. The van der Waals surface area contributed by atoms with Crippen molar-refractivity contribution < 1.29 is 19.1 Å². The molecule has 0 radical (unpaired) electrons. The van der Waals surface area contributed by atoms with E-state index in [9.17, 15) is 14.4 Å². The number of carbonyl (C=O) groups is 3. The highest BCUT2D eigenvalue weighted by Gasteiger charge is 2.60. The lowest BCUT2D eigenvalue weighted by molar-refractivity contribution is -0.142. The van der Waals surface area contributed by atoms with Gasteiger partial charge in [0.1, 0.15) is 5.75 Å². The summed E-state index contributed by atoms with van der Waals surface area (Å²) >= 11 is 0. The smallest absolute Gasteiger partial charge is 0.319 e. The van der Waals surface area contributed by atoms with Gasteiger partial charge in [0.15, 0.2) is 0 Å². The lowest BCUT2D eigenvalue weighted by atomic mass is 9.64. The average molecular weight is 450 g/mol. The number of hydrogen-bond donors (Lipinski definition) is 0. The minimum absolute atomic E-state index is 0.268. The molecule has 2 amide bonds. The van der Waals surface area contributed by atoms with E-state index < -0.39 is 23.7 Å². The Hall–Kier alpha value is -3.99. The number of para-hydroxylation sites is 1. The van der Waals surface area contributed by atoms with Gasteiger partial charge in [-0.3, -0.25) is 14.4 Å². The van der Waals surface area contributed by atoms with E-state index in [0.29, 0.717) is 11.4 Å². The van der Waals surface area contributed by atoms with Crippen LogP contribution in [0.15, 0.2) is 78.9 Å². The van der Waals surface area contributed by atoms with E-state index in [1.165, 1.54) is 4.90 Å². The molecule has 0 saturated carbocycles. The van der Waals surface area contributed by atoms with E-state index in [1.807, 2.05) is 86.7 Å². The van der Waals surface area contributed by atoms with Gasteiger partial charge in [-0.2, -0.15) is 0 Å². The number of aryl methyl sites for hydroxylation is 2. The standard InChI is InChI=1S/C29H23NO4/c1-16-12-13-19-21-15-20(18-9-4-3-5-10-18)24-26(25(21)29(33)34-23(19)14-16)28(32)30(27(24)31)22-11-7-6-8-17(22)2/h3-15,20,24-26H,1-2H3/t20-,24+,25-,26+/m1/s1. The Kier molecular flexibility index (Phi) is 4.56. The van der Waals surface area contributed by atoms with Gasteiger partial charge in [0.2, 0.25) is 11.8 Å². The van der Waals surface area contributed by atoms with Crippen LogP contribution in [0.1, 0.15) is 28.2 Å². The molecule has 3 aromatic carbocycles. The lowest BCUT2D eigenvalue weighted by Crippen LogP contribution is -2.42. The highest BCUT2D eigenvalue weighted by atomic mass is 16.5. The Balaban J connectivity index is 1.57. The monoisotopic (exact) mass is 449 g/mol. The molecule has 0 unspecified atom stereocenters. The molecule has 5 heteroatoms. The number of esters is 1. The van der Waals surface area contributed by atoms with Crippen LogP contribution in [0.5, 0.6) is 5.75 Å². The first-order valence-electron chi connectivity index (χ1n) is 11.5. The van der Waals surface area contributed by atoms with Crippen molar-refractivity contribution in [3.63, 3.8) is 0 Å². The van der Waals surface area contributed by atoms with Crippen LogP contribution in [0.3, 0.4) is 0 Å². The summed E-state index contributed by atoms with van der Waals surface area (Å²) in [4.78, 5) is 42.4. The molecule has 0 aromatic heterocycles. The van der Waals surface area contributed by atoms with Crippen molar-refractivity contribution in [3.8, 4) is 5.75 Å². The zero-order valence-electron chi connectivity index (χ0n) is 18.9. The number of nitrogens with zero attached hydrogens (tertiary/aromatic N) is 1. The Bertz CT molecular complexity index is 1390. The van der Waals surface area contributed by atoms with Gasteiger partial charge in [-0.1, -0.05) is 66.7 Å². The molecule has 0 bridgehead atoms. The molecular weight excluding hydrogens is 426 g/mol. The minimum Gasteiger partial charge on any atom is -0.425 e. The molecule has 34 heavy (non-hydrogen) atoms. The van der Waals surface area contributed by atoms with Crippen LogP contribution in [0.2, 0.25) is 0 Å². The number of anilines is 1. The van der Waals surface area contributed by atoms with Gasteiger partial charge >= 0.3 is 5.97 Å². The Morgan fingerprint density at radius 1 is 0.794 bits per heavy atom. The maximum absolute atomic E-state index is 13.9. The Morgan fingerprint density at radius 2 is 1.50 bits per heavy atom. The number of fused-ring (bicyclic) bond motifs is 5. The van der Waals surface area contributed by atoms with Gasteiger partial charge in [-0.15, -0.1) is 0 Å². The fraction of sp³-hybridized carbons (Fsp3) is 0.207. The third-order valence-electron chi connectivity index (χ3n) is 7.29. The molecule has 6 rings (SSSR count). The normalized spacial score (nSPS) is 25.3. The summed E-state index contributed by atoms with van der Waals surface area (Å²) in [6.45, 7) is 3.82. The van der Waals surface area contributed by atoms with Crippen LogP contribution >= 0.6 is 0 Å². The van der Waals surface area contributed by atoms with Crippen LogP contribution in [0.25, 0.3) is 5.57 Å². The van der Waals surface area contributed by atoms with Crippen molar-refractivity contribution >= 4 is 29.0 Å². The number of rotatable bonds is 2. The summed E-state index contributed by atoms with van der Waals surface area (Å²) in [5, 5.41) is 0. The topological polar surface area (TPSA) is 63.7 Å². The molecule has 2 heterocycles. The summed E-state index contributed by atoms with van der Waals surface area (Å²) in [5.41, 5.74) is 4.92. The maximum atomic E-state index is 13.9. The Morgan fingerprint density at radius 3 is 2.26 bits per heavy atom. The molecule has 5 nitrogen and oxygen atoms in total. The van der Waals surface area contributed by atoms with Gasteiger partial charge in [0.05, 0.1) is 23.4 Å². The number of benzene rings is 3. The van der Waals surface area contributed by atoms with Crippen LogP contribution in [-0.2, 0) is 14.4 Å².